The van der Waals surface area contributed by atoms with E-state index in [2.05, 4.69) is 10.1 Å². The van der Waals surface area contributed by atoms with Gasteiger partial charge in [-0.05, 0) is 36.4 Å². The van der Waals surface area contributed by atoms with Gasteiger partial charge >= 0.3 is 0 Å². The molecular formula is C15H12ClFN4. The van der Waals surface area contributed by atoms with Gasteiger partial charge in [0.25, 0.3) is 0 Å². The van der Waals surface area contributed by atoms with Crippen LogP contribution in [0.3, 0.4) is 0 Å². The molecule has 0 aliphatic heterocycles. The summed E-state index contributed by atoms with van der Waals surface area (Å²) in [6, 6.07) is 11.7. The number of nitrogens with two attached hydrogens (primary N) is 1. The smallest absolute Gasteiger partial charge is 0.186 e. The zero-order chi connectivity index (χ0) is 15.0. The molecule has 1 heterocycles. The Morgan fingerprint density at radius 3 is 2.52 bits per heavy atom. The molecule has 6 heteroatoms. The number of nitrogens with zero attached hydrogens (tertiary/aromatic N) is 3. The molecule has 4 nitrogen and oxygen atoms in total. The first-order valence-corrected chi connectivity index (χ1v) is 6.65. The van der Waals surface area contributed by atoms with Crippen molar-refractivity contribution in [1.29, 1.82) is 0 Å². The van der Waals surface area contributed by atoms with Crippen LogP contribution in [0.15, 0.2) is 42.5 Å². The number of benzene rings is 2. The summed E-state index contributed by atoms with van der Waals surface area (Å²) in [6.45, 7) is 0. The van der Waals surface area contributed by atoms with E-state index in [1.807, 2.05) is 12.1 Å². The average molecular weight is 303 g/mol. The molecule has 3 aromatic rings. The Morgan fingerprint density at radius 2 is 1.86 bits per heavy atom. The van der Waals surface area contributed by atoms with Crippen LogP contribution in [-0.2, 0) is 7.05 Å². The third-order valence-corrected chi connectivity index (χ3v) is 3.43. The van der Waals surface area contributed by atoms with Crippen LogP contribution in [0.5, 0.6) is 0 Å². The minimum atomic E-state index is -0.447. The first-order valence-electron chi connectivity index (χ1n) is 6.27. The molecule has 0 fully saturated rings. The van der Waals surface area contributed by atoms with Crippen LogP contribution in [0.1, 0.15) is 0 Å². The molecule has 21 heavy (non-hydrogen) atoms. The Hall–Kier alpha value is -2.40. The van der Waals surface area contributed by atoms with Crippen molar-refractivity contribution in [2.24, 2.45) is 7.05 Å². The highest BCUT2D eigenvalue weighted by atomic mass is 35.5. The lowest BCUT2D eigenvalue weighted by molar-refractivity contribution is 0.629. The van der Waals surface area contributed by atoms with E-state index in [1.54, 1.807) is 36.0 Å². The molecule has 0 atom stereocenters. The second kappa shape index (κ2) is 5.18. The Morgan fingerprint density at radius 1 is 1.14 bits per heavy atom. The summed E-state index contributed by atoms with van der Waals surface area (Å²) in [7, 11) is 1.75. The third-order valence-electron chi connectivity index (χ3n) is 3.12. The van der Waals surface area contributed by atoms with Gasteiger partial charge < -0.3 is 5.73 Å². The Labute approximate surface area is 126 Å². The number of nitrogen functional groups attached to an aromatic ring is 1. The number of hydrogen-bond donors (Lipinski definition) is 1. The molecule has 0 spiro atoms. The molecule has 0 radical (unpaired) electrons. The highest BCUT2D eigenvalue weighted by Crippen LogP contribution is 2.30. The van der Waals surface area contributed by atoms with Gasteiger partial charge in [0.1, 0.15) is 5.82 Å². The molecule has 0 unspecified atom stereocenters. The van der Waals surface area contributed by atoms with E-state index in [0.717, 1.165) is 5.56 Å². The zero-order valence-electron chi connectivity index (χ0n) is 11.2. The maximum absolute atomic E-state index is 13.9. The fourth-order valence-electron chi connectivity index (χ4n) is 2.09. The quantitative estimate of drug-likeness (QED) is 0.737. The van der Waals surface area contributed by atoms with Gasteiger partial charge in [0.05, 0.1) is 10.6 Å². The van der Waals surface area contributed by atoms with Crippen LogP contribution >= 0.6 is 11.6 Å². The van der Waals surface area contributed by atoms with E-state index in [9.17, 15) is 4.39 Å². The normalized spacial score (nSPS) is 10.8. The Balaban J connectivity index is 2.12. The second-order valence-electron chi connectivity index (χ2n) is 4.60. The standard InChI is InChI=1S/C15H12ClFN4/c1-21-15(9-5-7-10(18)8-6-9)19-14(20-21)13-11(16)3-2-4-12(13)17/h2-8H,18H2,1H3. The van der Waals surface area contributed by atoms with E-state index in [4.69, 9.17) is 17.3 Å². The maximum Gasteiger partial charge on any atom is 0.186 e. The third kappa shape index (κ3) is 2.48. The number of aryl methyl sites for hydroxylation is 1. The van der Waals surface area contributed by atoms with Gasteiger partial charge in [-0.15, -0.1) is 0 Å². The van der Waals surface area contributed by atoms with Gasteiger partial charge in [-0.3, -0.25) is 0 Å². The Kier molecular flexibility index (Phi) is 3.35. The van der Waals surface area contributed by atoms with Gasteiger partial charge in [-0.25, -0.2) is 14.1 Å². The predicted octanol–water partition coefficient (Wildman–Crippen LogP) is 3.52. The number of anilines is 1. The molecule has 0 aliphatic carbocycles. The van der Waals surface area contributed by atoms with Crippen molar-refractivity contribution in [2.45, 2.75) is 0 Å². The molecule has 0 saturated carbocycles. The summed E-state index contributed by atoms with van der Waals surface area (Å²) in [5.41, 5.74) is 7.38. The summed E-state index contributed by atoms with van der Waals surface area (Å²) in [5, 5.41) is 4.53. The van der Waals surface area contributed by atoms with Crippen molar-refractivity contribution in [3.05, 3.63) is 53.3 Å². The molecule has 0 amide bonds. The second-order valence-corrected chi connectivity index (χ2v) is 5.01. The fraction of sp³-hybridized carbons (Fsp3) is 0.0667. The van der Waals surface area contributed by atoms with Crippen molar-refractivity contribution in [2.75, 3.05) is 5.73 Å². The molecule has 2 N–H and O–H groups in total. The van der Waals surface area contributed by atoms with E-state index in [1.165, 1.54) is 6.07 Å². The van der Waals surface area contributed by atoms with Gasteiger partial charge in [0.2, 0.25) is 0 Å². The van der Waals surface area contributed by atoms with Crippen molar-refractivity contribution in [3.8, 4) is 22.8 Å². The van der Waals surface area contributed by atoms with Crippen LogP contribution in [0.25, 0.3) is 22.8 Å². The van der Waals surface area contributed by atoms with E-state index < -0.39 is 5.82 Å². The maximum atomic E-state index is 13.9. The van der Waals surface area contributed by atoms with Crippen LogP contribution in [0.2, 0.25) is 5.02 Å². The summed E-state index contributed by atoms with van der Waals surface area (Å²) in [6.07, 6.45) is 0. The Bertz CT molecular complexity index is 776. The van der Waals surface area contributed by atoms with Crippen molar-refractivity contribution >= 4 is 17.3 Å². The molecule has 106 valence electrons. The minimum absolute atomic E-state index is 0.205. The van der Waals surface area contributed by atoms with Crippen LogP contribution in [0, 0.1) is 5.82 Å². The summed E-state index contributed by atoms with van der Waals surface area (Å²) >= 11 is 6.05. The summed E-state index contributed by atoms with van der Waals surface area (Å²) < 4.78 is 15.5. The fourth-order valence-corrected chi connectivity index (χ4v) is 2.33. The van der Waals surface area contributed by atoms with Gasteiger partial charge in [0, 0.05) is 18.3 Å². The highest BCUT2D eigenvalue weighted by molar-refractivity contribution is 6.33. The lowest BCUT2D eigenvalue weighted by atomic mass is 10.2. The minimum Gasteiger partial charge on any atom is -0.399 e. The first kappa shape index (κ1) is 13.6. The van der Waals surface area contributed by atoms with Crippen LogP contribution in [0.4, 0.5) is 10.1 Å². The monoisotopic (exact) mass is 302 g/mol. The molecular weight excluding hydrogens is 291 g/mol. The molecule has 0 bridgehead atoms. The first-order chi connectivity index (χ1) is 10.1. The predicted molar refractivity (Wildman–Crippen MR) is 81.3 cm³/mol. The largest absolute Gasteiger partial charge is 0.399 e. The van der Waals surface area contributed by atoms with E-state index in [0.29, 0.717) is 11.5 Å². The van der Waals surface area contributed by atoms with Crippen molar-refractivity contribution < 1.29 is 4.39 Å². The number of aromatic nitrogens is 3. The van der Waals surface area contributed by atoms with Gasteiger partial charge in [-0.2, -0.15) is 5.10 Å². The van der Waals surface area contributed by atoms with Gasteiger partial charge in [-0.1, -0.05) is 17.7 Å². The zero-order valence-corrected chi connectivity index (χ0v) is 12.0. The number of halogens is 2. The van der Waals surface area contributed by atoms with Crippen molar-refractivity contribution in [3.63, 3.8) is 0 Å². The highest BCUT2D eigenvalue weighted by Gasteiger charge is 2.17. The molecule has 0 aliphatic rings. The molecule has 2 aromatic carbocycles. The van der Waals surface area contributed by atoms with E-state index in [-0.39, 0.29) is 16.4 Å². The summed E-state index contributed by atoms with van der Waals surface area (Å²) in [4.78, 5) is 4.39. The summed E-state index contributed by atoms with van der Waals surface area (Å²) in [5.74, 6) is 0.425. The molecule has 3 rings (SSSR count). The lowest BCUT2D eigenvalue weighted by Gasteiger charge is -2.00. The molecule has 0 saturated heterocycles. The number of rotatable bonds is 2. The SMILES string of the molecule is Cn1nc(-c2c(F)cccc2Cl)nc1-c1ccc(N)cc1. The number of hydrogen-bond acceptors (Lipinski definition) is 3. The van der Waals surface area contributed by atoms with Crippen LogP contribution < -0.4 is 5.73 Å². The topological polar surface area (TPSA) is 56.7 Å². The molecule has 1 aromatic heterocycles. The average Bonchev–Trinajstić information content (AvgIpc) is 2.81. The van der Waals surface area contributed by atoms with Crippen LogP contribution in [-0.4, -0.2) is 14.8 Å². The van der Waals surface area contributed by atoms with Crippen molar-refractivity contribution in [1.82, 2.24) is 14.8 Å². The van der Waals surface area contributed by atoms with E-state index >= 15 is 0 Å². The van der Waals surface area contributed by atoms with Gasteiger partial charge in [0.15, 0.2) is 11.6 Å². The lowest BCUT2D eigenvalue weighted by Crippen LogP contribution is -1.95.